The van der Waals surface area contributed by atoms with Gasteiger partial charge in [-0.05, 0) is 31.9 Å². The SMILES string of the molecule is CC(O)(CNC(=O)C1CCC1)c1ccco1. The molecule has 1 aromatic rings. The average molecular weight is 223 g/mol. The minimum Gasteiger partial charge on any atom is -0.466 e. The number of aliphatic hydroxyl groups is 1. The molecule has 2 rings (SSSR count). The summed E-state index contributed by atoms with van der Waals surface area (Å²) in [6, 6.07) is 3.42. The van der Waals surface area contributed by atoms with E-state index in [9.17, 15) is 9.90 Å². The Morgan fingerprint density at radius 2 is 2.44 bits per heavy atom. The molecule has 1 heterocycles. The van der Waals surface area contributed by atoms with Crippen LogP contribution in [0.15, 0.2) is 22.8 Å². The van der Waals surface area contributed by atoms with Crippen LogP contribution in [0.2, 0.25) is 0 Å². The molecule has 0 bridgehead atoms. The van der Waals surface area contributed by atoms with E-state index in [2.05, 4.69) is 5.32 Å². The Balaban J connectivity index is 1.86. The molecule has 1 atom stereocenters. The number of hydrogen-bond donors (Lipinski definition) is 2. The zero-order valence-corrected chi connectivity index (χ0v) is 9.40. The van der Waals surface area contributed by atoms with Crippen LogP contribution >= 0.6 is 0 Å². The largest absolute Gasteiger partial charge is 0.466 e. The third-order valence-corrected chi connectivity index (χ3v) is 3.13. The Morgan fingerprint density at radius 1 is 1.69 bits per heavy atom. The predicted octanol–water partition coefficient (Wildman–Crippen LogP) is 1.40. The number of rotatable bonds is 4. The van der Waals surface area contributed by atoms with Gasteiger partial charge in [-0.1, -0.05) is 6.42 Å². The lowest BCUT2D eigenvalue weighted by atomic mass is 9.84. The smallest absolute Gasteiger partial charge is 0.223 e. The Hall–Kier alpha value is -1.29. The van der Waals surface area contributed by atoms with Crippen LogP contribution in [0.4, 0.5) is 0 Å². The van der Waals surface area contributed by atoms with Crippen molar-refractivity contribution < 1.29 is 14.3 Å². The lowest BCUT2D eigenvalue weighted by Gasteiger charge is -2.27. The van der Waals surface area contributed by atoms with Gasteiger partial charge in [0.1, 0.15) is 11.4 Å². The Morgan fingerprint density at radius 3 is 2.94 bits per heavy atom. The summed E-state index contributed by atoms with van der Waals surface area (Å²) in [5.41, 5.74) is -1.14. The number of amides is 1. The Labute approximate surface area is 94.6 Å². The van der Waals surface area contributed by atoms with E-state index < -0.39 is 5.60 Å². The molecule has 1 unspecified atom stereocenters. The molecule has 0 spiro atoms. The van der Waals surface area contributed by atoms with Crippen LogP contribution in [-0.2, 0) is 10.4 Å². The first-order valence-corrected chi connectivity index (χ1v) is 5.64. The molecule has 1 fully saturated rings. The molecule has 0 aromatic carbocycles. The van der Waals surface area contributed by atoms with Crippen molar-refractivity contribution in [3.63, 3.8) is 0 Å². The molecule has 1 aromatic heterocycles. The van der Waals surface area contributed by atoms with Crippen LogP contribution in [0.5, 0.6) is 0 Å². The summed E-state index contributed by atoms with van der Waals surface area (Å²) < 4.78 is 5.13. The lowest BCUT2D eigenvalue weighted by Crippen LogP contribution is -2.42. The highest BCUT2D eigenvalue weighted by atomic mass is 16.4. The minimum absolute atomic E-state index is 0.0399. The third kappa shape index (κ3) is 2.27. The normalized spacial score (nSPS) is 19.9. The van der Waals surface area contributed by atoms with E-state index in [1.807, 2.05) is 0 Å². The Kier molecular flexibility index (Phi) is 3.01. The molecule has 4 heteroatoms. The lowest BCUT2D eigenvalue weighted by molar-refractivity contribution is -0.128. The van der Waals surface area contributed by atoms with Crippen molar-refractivity contribution in [1.29, 1.82) is 0 Å². The van der Waals surface area contributed by atoms with Crippen LogP contribution < -0.4 is 5.32 Å². The molecule has 1 aliphatic rings. The maximum absolute atomic E-state index is 11.6. The second-order valence-corrected chi connectivity index (χ2v) is 4.60. The van der Waals surface area contributed by atoms with Gasteiger partial charge in [0.2, 0.25) is 5.91 Å². The third-order valence-electron chi connectivity index (χ3n) is 3.13. The zero-order valence-electron chi connectivity index (χ0n) is 9.40. The van der Waals surface area contributed by atoms with Crippen molar-refractivity contribution in [2.45, 2.75) is 31.8 Å². The maximum atomic E-state index is 11.6. The standard InChI is InChI=1S/C12H17NO3/c1-12(15,10-6-3-7-16-10)8-13-11(14)9-4-2-5-9/h3,6-7,9,15H,2,4-5,8H2,1H3,(H,13,14). The molecule has 1 aliphatic carbocycles. The molecule has 4 nitrogen and oxygen atoms in total. The molecule has 0 saturated heterocycles. The van der Waals surface area contributed by atoms with Crippen LogP contribution in [0.3, 0.4) is 0 Å². The van der Waals surface area contributed by atoms with Gasteiger partial charge in [-0.3, -0.25) is 4.79 Å². The van der Waals surface area contributed by atoms with Crippen molar-refractivity contribution in [1.82, 2.24) is 5.32 Å². The summed E-state index contributed by atoms with van der Waals surface area (Å²) in [7, 11) is 0. The number of carbonyl (C=O) groups excluding carboxylic acids is 1. The van der Waals surface area contributed by atoms with Crippen LogP contribution in [-0.4, -0.2) is 17.6 Å². The highest BCUT2D eigenvalue weighted by molar-refractivity contribution is 5.79. The quantitative estimate of drug-likeness (QED) is 0.811. The van der Waals surface area contributed by atoms with Crippen LogP contribution in [0, 0.1) is 5.92 Å². The molecule has 1 saturated carbocycles. The van der Waals surface area contributed by atoms with Gasteiger partial charge in [-0.25, -0.2) is 0 Å². The summed E-state index contributed by atoms with van der Waals surface area (Å²) in [5.74, 6) is 0.659. The number of carbonyl (C=O) groups is 1. The molecule has 2 N–H and O–H groups in total. The zero-order chi connectivity index (χ0) is 11.6. The minimum atomic E-state index is -1.14. The summed E-state index contributed by atoms with van der Waals surface area (Å²) >= 11 is 0. The van der Waals surface area contributed by atoms with Crippen LogP contribution in [0.25, 0.3) is 0 Å². The van der Waals surface area contributed by atoms with Gasteiger partial charge in [0.25, 0.3) is 0 Å². The molecular weight excluding hydrogens is 206 g/mol. The maximum Gasteiger partial charge on any atom is 0.223 e. The molecule has 16 heavy (non-hydrogen) atoms. The Bertz CT molecular complexity index is 352. The monoisotopic (exact) mass is 223 g/mol. The average Bonchev–Trinajstić information content (AvgIpc) is 2.65. The highest BCUT2D eigenvalue weighted by Crippen LogP contribution is 2.27. The molecule has 1 amide bonds. The van der Waals surface area contributed by atoms with Crippen molar-refractivity contribution in [3.8, 4) is 0 Å². The topological polar surface area (TPSA) is 62.5 Å². The van der Waals surface area contributed by atoms with Crippen molar-refractivity contribution in [3.05, 3.63) is 24.2 Å². The first-order valence-electron chi connectivity index (χ1n) is 5.64. The number of furan rings is 1. The molecule has 0 aliphatic heterocycles. The van der Waals surface area contributed by atoms with E-state index in [1.165, 1.54) is 6.26 Å². The van der Waals surface area contributed by atoms with Crippen LogP contribution in [0.1, 0.15) is 31.9 Å². The van der Waals surface area contributed by atoms with E-state index in [4.69, 9.17) is 4.42 Å². The van der Waals surface area contributed by atoms with Gasteiger partial charge in [-0.15, -0.1) is 0 Å². The van der Waals surface area contributed by atoms with Crippen molar-refractivity contribution in [2.75, 3.05) is 6.54 Å². The fourth-order valence-electron chi connectivity index (χ4n) is 1.75. The van der Waals surface area contributed by atoms with Gasteiger partial charge < -0.3 is 14.8 Å². The van der Waals surface area contributed by atoms with Gasteiger partial charge in [0.05, 0.1) is 12.8 Å². The molecule has 0 radical (unpaired) electrons. The van der Waals surface area contributed by atoms with Gasteiger partial charge in [-0.2, -0.15) is 0 Å². The number of hydrogen-bond acceptors (Lipinski definition) is 3. The molecular formula is C12H17NO3. The summed E-state index contributed by atoms with van der Waals surface area (Å²) in [6.07, 6.45) is 4.58. The molecule has 88 valence electrons. The second-order valence-electron chi connectivity index (χ2n) is 4.60. The summed E-state index contributed by atoms with van der Waals surface area (Å²) in [5, 5.41) is 12.9. The van der Waals surface area contributed by atoms with Gasteiger partial charge in [0.15, 0.2) is 0 Å². The van der Waals surface area contributed by atoms with Gasteiger partial charge in [0, 0.05) is 5.92 Å². The van der Waals surface area contributed by atoms with E-state index in [-0.39, 0.29) is 18.4 Å². The number of nitrogens with one attached hydrogen (secondary N) is 1. The fraction of sp³-hybridized carbons (Fsp3) is 0.583. The summed E-state index contributed by atoms with van der Waals surface area (Å²) in [4.78, 5) is 11.6. The van der Waals surface area contributed by atoms with E-state index in [0.717, 1.165) is 19.3 Å². The van der Waals surface area contributed by atoms with Crippen molar-refractivity contribution >= 4 is 5.91 Å². The van der Waals surface area contributed by atoms with Crippen molar-refractivity contribution in [2.24, 2.45) is 5.92 Å². The van der Waals surface area contributed by atoms with Gasteiger partial charge >= 0.3 is 0 Å². The van der Waals surface area contributed by atoms with E-state index in [0.29, 0.717) is 5.76 Å². The first-order chi connectivity index (χ1) is 7.59. The van der Waals surface area contributed by atoms with E-state index >= 15 is 0 Å². The van der Waals surface area contributed by atoms with E-state index in [1.54, 1.807) is 19.1 Å². The summed E-state index contributed by atoms with van der Waals surface area (Å²) in [6.45, 7) is 1.82. The first kappa shape index (κ1) is 11.2. The second kappa shape index (κ2) is 4.29. The fourth-order valence-corrected chi connectivity index (χ4v) is 1.75. The predicted molar refractivity (Wildman–Crippen MR) is 58.6 cm³/mol. The highest BCUT2D eigenvalue weighted by Gasteiger charge is 2.30.